The molecule has 0 saturated heterocycles. The van der Waals surface area contributed by atoms with Crippen molar-refractivity contribution < 1.29 is 37.6 Å². The molecule has 0 aromatic carbocycles. The van der Waals surface area contributed by atoms with Crippen LogP contribution in [0.5, 0.6) is 0 Å². The lowest BCUT2D eigenvalue weighted by Gasteiger charge is -2.19. The first-order valence-electron chi connectivity index (χ1n) is 21.1. The molecule has 0 rings (SSSR count). The van der Waals surface area contributed by atoms with Crippen molar-refractivity contribution >= 4 is 19.8 Å². The maximum atomic E-state index is 12.6. The van der Waals surface area contributed by atoms with Crippen LogP contribution in [0.25, 0.3) is 0 Å². The van der Waals surface area contributed by atoms with E-state index in [2.05, 4.69) is 98.9 Å². The van der Waals surface area contributed by atoms with Crippen molar-refractivity contribution in [3.8, 4) is 0 Å². The predicted octanol–water partition coefficient (Wildman–Crippen LogP) is 12.0. The normalized spacial score (nSPS) is 14.2. The monoisotopic (exact) mass is 790 g/mol. The molecular formula is C45H76NO8P. The molecule has 1 unspecified atom stereocenters. The zero-order valence-electron chi connectivity index (χ0n) is 34.4. The van der Waals surface area contributed by atoms with Crippen LogP contribution in [0.15, 0.2) is 85.1 Å². The van der Waals surface area contributed by atoms with Crippen molar-refractivity contribution in [1.82, 2.24) is 0 Å². The minimum Gasteiger partial charge on any atom is -0.462 e. The van der Waals surface area contributed by atoms with E-state index in [1.165, 1.54) is 25.7 Å². The van der Waals surface area contributed by atoms with Gasteiger partial charge in [0.15, 0.2) is 6.10 Å². The first kappa shape index (κ1) is 52.2. The van der Waals surface area contributed by atoms with Gasteiger partial charge in [-0.05, 0) is 83.5 Å². The standard InChI is InChI=1S/C45H76NO8P/c1-3-5-7-9-11-13-15-17-19-20-21-22-24-25-27-29-31-33-35-37-44(47)51-41-43(42-53-55(49,50)52-40-39-46)54-45(48)38-36-34-32-30-28-26-23-18-16-14-12-10-8-6-4-2/h5,7,11,13-14,16-19,21-23,25,27,43H,3-4,6,8-10,12,15,20,24,26,28-42,46H2,1-2H3,(H,49,50)/b7-5+,13-11+,16-14+,19-17+,22-21+,23-18+,27-25+/t43-/m1/s1. The van der Waals surface area contributed by atoms with E-state index in [0.717, 1.165) is 89.9 Å². The molecule has 0 saturated carbocycles. The largest absolute Gasteiger partial charge is 0.472 e. The van der Waals surface area contributed by atoms with Crippen LogP contribution in [0.1, 0.15) is 155 Å². The molecule has 9 nitrogen and oxygen atoms in total. The Hall–Kier alpha value is -2.81. The molecule has 0 aromatic heterocycles. The molecule has 0 aliphatic rings. The van der Waals surface area contributed by atoms with Gasteiger partial charge in [-0.1, -0.05) is 144 Å². The highest BCUT2D eigenvalue weighted by atomic mass is 31.2. The number of hydrogen-bond donors (Lipinski definition) is 2. The van der Waals surface area contributed by atoms with Crippen LogP contribution in [0, 0.1) is 0 Å². The third-order valence-electron chi connectivity index (χ3n) is 8.29. The minimum atomic E-state index is -4.39. The minimum absolute atomic E-state index is 0.0412. The molecule has 3 N–H and O–H groups in total. The number of unbranched alkanes of at least 4 members (excludes halogenated alkanes) is 12. The molecule has 55 heavy (non-hydrogen) atoms. The van der Waals surface area contributed by atoms with Gasteiger partial charge >= 0.3 is 19.8 Å². The number of ether oxygens (including phenoxy) is 2. The fraction of sp³-hybridized carbons (Fsp3) is 0.644. The smallest absolute Gasteiger partial charge is 0.462 e. The first-order valence-corrected chi connectivity index (χ1v) is 22.6. The molecule has 0 amide bonds. The van der Waals surface area contributed by atoms with Crippen LogP contribution in [-0.2, 0) is 32.7 Å². The van der Waals surface area contributed by atoms with Gasteiger partial charge in [-0.3, -0.25) is 18.6 Å². The number of allylic oxidation sites excluding steroid dienone is 14. The number of nitrogens with two attached hydrogens (primary N) is 1. The van der Waals surface area contributed by atoms with E-state index in [9.17, 15) is 19.0 Å². The molecular weight excluding hydrogens is 713 g/mol. The highest BCUT2D eigenvalue weighted by Crippen LogP contribution is 2.43. The lowest BCUT2D eigenvalue weighted by atomic mass is 10.1. The third-order valence-corrected chi connectivity index (χ3v) is 9.28. The molecule has 0 radical (unpaired) electrons. The highest BCUT2D eigenvalue weighted by molar-refractivity contribution is 7.47. The van der Waals surface area contributed by atoms with E-state index >= 15 is 0 Å². The SMILES string of the molecule is CC/C=C/C/C=C/C/C=C/C/C=C/C/C=C/CCCCCC(=O)OC[C@H](COP(=O)(O)OCCN)OC(=O)CCCCCCC/C=C/C=C/CCCCCC. The Morgan fingerprint density at radius 2 is 1.05 bits per heavy atom. The van der Waals surface area contributed by atoms with E-state index < -0.39 is 32.5 Å². The van der Waals surface area contributed by atoms with Crippen LogP contribution >= 0.6 is 7.82 Å². The summed E-state index contributed by atoms with van der Waals surface area (Å²) in [7, 11) is -4.39. The molecule has 10 heteroatoms. The number of carbonyl (C=O) groups is 2. The number of esters is 2. The molecule has 0 fully saturated rings. The summed E-state index contributed by atoms with van der Waals surface area (Å²) in [6.07, 6.45) is 50.4. The van der Waals surface area contributed by atoms with Crippen LogP contribution in [0.3, 0.4) is 0 Å². The summed E-state index contributed by atoms with van der Waals surface area (Å²) in [5.74, 6) is -0.893. The summed E-state index contributed by atoms with van der Waals surface area (Å²) < 4.78 is 32.7. The number of phosphoric ester groups is 1. The van der Waals surface area contributed by atoms with Gasteiger partial charge in [0.2, 0.25) is 0 Å². The van der Waals surface area contributed by atoms with Crippen LogP contribution in [0.2, 0.25) is 0 Å². The van der Waals surface area contributed by atoms with E-state index in [0.29, 0.717) is 12.8 Å². The summed E-state index contributed by atoms with van der Waals surface area (Å²) in [4.78, 5) is 34.8. The fourth-order valence-corrected chi connectivity index (χ4v) is 5.94. The number of carbonyl (C=O) groups excluding carboxylic acids is 2. The second-order valence-electron chi connectivity index (χ2n) is 13.5. The quantitative estimate of drug-likeness (QED) is 0.0206. The Morgan fingerprint density at radius 3 is 1.62 bits per heavy atom. The van der Waals surface area contributed by atoms with Crippen molar-refractivity contribution in [3.05, 3.63) is 85.1 Å². The van der Waals surface area contributed by atoms with Crippen molar-refractivity contribution in [2.24, 2.45) is 5.73 Å². The summed E-state index contributed by atoms with van der Waals surface area (Å²) in [5.41, 5.74) is 5.34. The van der Waals surface area contributed by atoms with E-state index in [-0.39, 0.29) is 32.6 Å². The predicted molar refractivity (Wildman–Crippen MR) is 229 cm³/mol. The molecule has 0 aliphatic carbocycles. The number of phosphoric acid groups is 1. The van der Waals surface area contributed by atoms with Crippen molar-refractivity contribution in [1.29, 1.82) is 0 Å². The Bertz CT molecular complexity index is 1170. The first-order chi connectivity index (χ1) is 26.8. The van der Waals surface area contributed by atoms with Gasteiger partial charge in [-0.2, -0.15) is 0 Å². The van der Waals surface area contributed by atoms with Gasteiger partial charge < -0.3 is 20.1 Å². The summed E-state index contributed by atoms with van der Waals surface area (Å²) >= 11 is 0. The van der Waals surface area contributed by atoms with Crippen molar-refractivity contribution in [2.75, 3.05) is 26.4 Å². The zero-order chi connectivity index (χ0) is 40.3. The van der Waals surface area contributed by atoms with Crippen LogP contribution < -0.4 is 5.73 Å². The molecule has 0 bridgehead atoms. The molecule has 0 spiro atoms. The summed E-state index contributed by atoms with van der Waals surface area (Å²) in [6, 6.07) is 0. The Balaban J connectivity index is 4.28. The lowest BCUT2D eigenvalue weighted by Crippen LogP contribution is -2.29. The van der Waals surface area contributed by atoms with E-state index in [1.807, 2.05) is 0 Å². The fourth-order valence-electron chi connectivity index (χ4n) is 5.18. The molecule has 314 valence electrons. The molecule has 0 aromatic rings. The summed E-state index contributed by atoms with van der Waals surface area (Å²) in [5, 5.41) is 0. The number of hydrogen-bond acceptors (Lipinski definition) is 8. The van der Waals surface area contributed by atoms with Gasteiger partial charge in [0.05, 0.1) is 13.2 Å². The maximum Gasteiger partial charge on any atom is 0.472 e. The lowest BCUT2D eigenvalue weighted by molar-refractivity contribution is -0.161. The van der Waals surface area contributed by atoms with Crippen molar-refractivity contribution in [2.45, 2.75) is 161 Å². The maximum absolute atomic E-state index is 12.6. The van der Waals surface area contributed by atoms with Gasteiger partial charge in [0.1, 0.15) is 6.61 Å². The highest BCUT2D eigenvalue weighted by Gasteiger charge is 2.25. The third kappa shape index (κ3) is 40.7. The Kier molecular flexibility index (Phi) is 38.8. The average molecular weight is 790 g/mol. The molecule has 2 atom stereocenters. The van der Waals surface area contributed by atoms with Crippen molar-refractivity contribution in [3.63, 3.8) is 0 Å². The number of rotatable bonds is 38. The van der Waals surface area contributed by atoms with Gasteiger partial charge in [-0.25, -0.2) is 4.57 Å². The van der Waals surface area contributed by atoms with Crippen LogP contribution in [-0.4, -0.2) is 49.3 Å². The van der Waals surface area contributed by atoms with E-state index in [1.54, 1.807) is 0 Å². The second kappa shape index (κ2) is 40.8. The van der Waals surface area contributed by atoms with Gasteiger partial charge in [-0.15, -0.1) is 0 Å². The summed E-state index contributed by atoms with van der Waals surface area (Å²) in [6.45, 7) is 3.52. The van der Waals surface area contributed by atoms with E-state index in [4.69, 9.17) is 24.3 Å². The Morgan fingerprint density at radius 1 is 0.582 bits per heavy atom. The van der Waals surface area contributed by atoms with Crippen LogP contribution in [0.4, 0.5) is 0 Å². The topological polar surface area (TPSA) is 134 Å². The Labute approximate surface area is 334 Å². The molecule has 0 aliphatic heterocycles. The van der Waals surface area contributed by atoms with Gasteiger partial charge in [0, 0.05) is 19.4 Å². The average Bonchev–Trinajstić information content (AvgIpc) is 3.17. The van der Waals surface area contributed by atoms with Gasteiger partial charge in [0.25, 0.3) is 0 Å². The zero-order valence-corrected chi connectivity index (χ0v) is 35.3. The molecule has 0 heterocycles. The second-order valence-corrected chi connectivity index (χ2v) is 15.0.